The third-order valence-electron chi connectivity index (χ3n) is 1.93. The Morgan fingerprint density at radius 2 is 2.08 bits per heavy atom. The molecule has 0 aliphatic carbocycles. The fourth-order valence-electron chi connectivity index (χ4n) is 1.21. The zero-order valence-electron chi connectivity index (χ0n) is 7.47. The molecule has 2 N–H and O–H groups in total. The molecule has 0 aliphatic heterocycles. The van der Waals surface area contributed by atoms with Crippen LogP contribution in [0.3, 0.4) is 0 Å². The lowest BCUT2D eigenvalue weighted by Crippen LogP contribution is -2.08. The van der Waals surface area contributed by atoms with E-state index in [0.29, 0.717) is 0 Å². The topological polar surface area (TPSA) is 26.0 Å². The van der Waals surface area contributed by atoms with Crippen LogP contribution in [0.25, 0.3) is 0 Å². The molecular formula is C10H14ClN. The molecule has 0 aromatic heterocycles. The standard InChI is InChI=1S/C10H14ClN/c1-3-10(12)8-4-7(2)5-9(11)6-8/h4-6,10H,3,12H2,1-2H3/t10-/m1/s1. The number of rotatable bonds is 2. The zero-order valence-corrected chi connectivity index (χ0v) is 8.23. The SMILES string of the molecule is CC[C@@H](N)c1cc(C)cc(Cl)c1. The highest BCUT2D eigenvalue weighted by Crippen LogP contribution is 2.20. The largest absolute Gasteiger partial charge is 0.324 e. The molecule has 0 bridgehead atoms. The van der Waals surface area contributed by atoms with Crippen LogP contribution in [-0.2, 0) is 0 Å². The maximum atomic E-state index is 5.90. The van der Waals surface area contributed by atoms with Gasteiger partial charge in [-0.05, 0) is 36.6 Å². The summed E-state index contributed by atoms with van der Waals surface area (Å²) >= 11 is 5.90. The van der Waals surface area contributed by atoms with Crippen molar-refractivity contribution in [2.24, 2.45) is 5.73 Å². The Morgan fingerprint density at radius 3 is 2.58 bits per heavy atom. The first-order chi connectivity index (χ1) is 5.63. The average Bonchev–Trinajstić information content (AvgIpc) is 2.01. The lowest BCUT2D eigenvalue weighted by atomic mass is 10.0. The molecule has 1 aromatic carbocycles. The molecule has 1 aromatic rings. The van der Waals surface area contributed by atoms with Crippen LogP contribution in [0.15, 0.2) is 18.2 Å². The maximum absolute atomic E-state index is 5.90. The Labute approximate surface area is 78.5 Å². The van der Waals surface area contributed by atoms with Crippen LogP contribution in [0.2, 0.25) is 5.02 Å². The van der Waals surface area contributed by atoms with Gasteiger partial charge in [-0.25, -0.2) is 0 Å². The van der Waals surface area contributed by atoms with Gasteiger partial charge >= 0.3 is 0 Å². The van der Waals surface area contributed by atoms with Gasteiger partial charge in [0.05, 0.1) is 0 Å². The van der Waals surface area contributed by atoms with Gasteiger partial charge in [-0.2, -0.15) is 0 Å². The highest BCUT2D eigenvalue weighted by molar-refractivity contribution is 6.30. The summed E-state index contributed by atoms with van der Waals surface area (Å²) in [6.07, 6.45) is 0.944. The minimum Gasteiger partial charge on any atom is -0.324 e. The number of halogens is 1. The van der Waals surface area contributed by atoms with Crippen molar-refractivity contribution in [3.8, 4) is 0 Å². The molecule has 0 aliphatic rings. The van der Waals surface area contributed by atoms with Crippen molar-refractivity contribution in [1.29, 1.82) is 0 Å². The van der Waals surface area contributed by atoms with E-state index in [1.807, 2.05) is 19.1 Å². The van der Waals surface area contributed by atoms with E-state index < -0.39 is 0 Å². The van der Waals surface area contributed by atoms with Crippen LogP contribution in [-0.4, -0.2) is 0 Å². The zero-order chi connectivity index (χ0) is 9.14. The van der Waals surface area contributed by atoms with Crippen molar-refractivity contribution in [3.63, 3.8) is 0 Å². The van der Waals surface area contributed by atoms with E-state index in [4.69, 9.17) is 17.3 Å². The molecule has 0 fully saturated rings. The second-order valence-corrected chi connectivity index (χ2v) is 3.51. The van der Waals surface area contributed by atoms with Gasteiger partial charge in [0, 0.05) is 11.1 Å². The first-order valence-electron chi connectivity index (χ1n) is 4.16. The van der Waals surface area contributed by atoms with Gasteiger partial charge in [0.2, 0.25) is 0 Å². The van der Waals surface area contributed by atoms with Crippen molar-refractivity contribution in [1.82, 2.24) is 0 Å². The van der Waals surface area contributed by atoms with Crippen molar-refractivity contribution in [2.45, 2.75) is 26.3 Å². The Morgan fingerprint density at radius 1 is 1.42 bits per heavy atom. The van der Waals surface area contributed by atoms with Crippen LogP contribution in [0.4, 0.5) is 0 Å². The van der Waals surface area contributed by atoms with Crippen molar-refractivity contribution in [3.05, 3.63) is 34.3 Å². The maximum Gasteiger partial charge on any atom is 0.0411 e. The van der Waals surface area contributed by atoms with E-state index >= 15 is 0 Å². The molecule has 12 heavy (non-hydrogen) atoms. The summed E-state index contributed by atoms with van der Waals surface area (Å²) in [5.41, 5.74) is 8.17. The molecule has 0 spiro atoms. The summed E-state index contributed by atoms with van der Waals surface area (Å²) in [7, 11) is 0. The molecule has 0 radical (unpaired) electrons. The second-order valence-electron chi connectivity index (χ2n) is 3.08. The number of hydrogen-bond acceptors (Lipinski definition) is 1. The monoisotopic (exact) mass is 183 g/mol. The number of aryl methyl sites for hydroxylation is 1. The number of benzene rings is 1. The molecule has 0 saturated heterocycles. The van der Waals surface area contributed by atoms with E-state index in [9.17, 15) is 0 Å². The minimum atomic E-state index is 0.113. The second kappa shape index (κ2) is 3.92. The van der Waals surface area contributed by atoms with Gasteiger partial charge < -0.3 is 5.73 Å². The smallest absolute Gasteiger partial charge is 0.0411 e. The molecular weight excluding hydrogens is 170 g/mol. The van der Waals surface area contributed by atoms with Crippen molar-refractivity contribution in [2.75, 3.05) is 0 Å². The fourth-order valence-corrected chi connectivity index (χ4v) is 1.51. The van der Waals surface area contributed by atoms with Gasteiger partial charge in [-0.1, -0.05) is 24.6 Å². The summed E-state index contributed by atoms with van der Waals surface area (Å²) in [6.45, 7) is 4.10. The van der Waals surface area contributed by atoms with Gasteiger partial charge in [-0.3, -0.25) is 0 Å². The lowest BCUT2D eigenvalue weighted by Gasteiger charge is -2.10. The summed E-state index contributed by atoms with van der Waals surface area (Å²) < 4.78 is 0. The molecule has 1 nitrogen and oxygen atoms in total. The van der Waals surface area contributed by atoms with E-state index in [1.54, 1.807) is 0 Å². The molecule has 66 valence electrons. The van der Waals surface area contributed by atoms with E-state index in [2.05, 4.69) is 13.0 Å². The summed E-state index contributed by atoms with van der Waals surface area (Å²) in [5, 5.41) is 0.772. The molecule has 0 saturated carbocycles. The third-order valence-corrected chi connectivity index (χ3v) is 2.15. The Hall–Kier alpha value is -0.530. The van der Waals surface area contributed by atoms with E-state index in [-0.39, 0.29) is 6.04 Å². The normalized spacial score (nSPS) is 13.0. The summed E-state index contributed by atoms with van der Waals surface area (Å²) in [5.74, 6) is 0. The quantitative estimate of drug-likeness (QED) is 0.750. The summed E-state index contributed by atoms with van der Waals surface area (Å²) in [6, 6.07) is 6.07. The van der Waals surface area contributed by atoms with Crippen LogP contribution < -0.4 is 5.73 Å². The van der Waals surface area contributed by atoms with Crippen LogP contribution in [0.1, 0.15) is 30.5 Å². The molecule has 0 amide bonds. The number of hydrogen-bond donors (Lipinski definition) is 1. The number of nitrogens with two attached hydrogens (primary N) is 1. The fraction of sp³-hybridized carbons (Fsp3) is 0.400. The Bertz CT molecular complexity index is 250. The minimum absolute atomic E-state index is 0.113. The van der Waals surface area contributed by atoms with Gasteiger partial charge in [0.15, 0.2) is 0 Å². The Kier molecular flexibility index (Phi) is 3.12. The lowest BCUT2D eigenvalue weighted by molar-refractivity contribution is 0.698. The van der Waals surface area contributed by atoms with Gasteiger partial charge in [-0.15, -0.1) is 0 Å². The van der Waals surface area contributed by atoms with Crippen LogP contribution >= 0.6 is 11.6 Å². The highest BCUT2D eigenvalue weighted by Gasteiger charge is 2.03. The summed E-state index contributed by atoms with van der Waals surface area (Å²) in [4.78, 5) is 0. The van der Waals surface area contributed by atoms with E-state index in [1.165, 1.54) is 5.56 Å². The molecule has 2 heteroatoms. The first-order valence-corrected chi connectivity index (χ1v) is 4.54. The van der Waals surface area contributed by atoms with Crippen LogP contribution in [0.5, 0.6) is 0 Å². The molecule has 0 unspecified atom stereocenters. The van der Waals surface area contributed by atoms with Crippen molar-refractivity contribution < 1.29 is 0 Å². The average molecular weight is 184 g/mol. The first kappa shape index (κ1) is 9.56. The molecule has 1 rings (SSSR count). The predicted octanol–water partition coefficient (Wildman–Crippen LogP) is 3.06. The van der Waals surface area contributed by atoms with Crippen LogP contribution in [0, 0.1) is 6.92 Å². The predicted molar refractivity (Wildman–Crippen MR) is 53.4 cm³/mol. The van der Waals surface area contributed by atoms with Gasteiger partial charge in [0.25, 0.3) is 0 Å². The molecule has 1 atom stereocenters. The third kappa shape index (κ3) is 2.23. The van der Waals surface area contributed by atoms with Crippen molar-refractivity contribution >= 4 is 11.6 Å². The van der Waals surface area contributed by atoms with Gasteiger partial charge in [0.1, 0.15) is 0 Å². The highest BCUT2D eigenvalue weighted by atomic mass is 35.5. The molecule has 0 heterocycles. The van der Waals surface area contributed by atoms with E-state index in [0.717, 1.165) is 17.0 Å². The Balaban J connectivity index is 3.00.